The SMILES string of the molecule is COC(=O)CCNC(=O)[C@H](Cc1ccccc1)n1cc(-c2ccc(S(N)(=O)=O)cc2)nn1. The molecule has 0 aliphatic heterocycles. The molecule has 0 unspecified atom stereocenters. The molecule has 0 bridgehead atoms. The number of nitrogens with two attached hydrogens (primary N) is 1. The molecule has 11 heteroatoms. The van der Waals surface area contributed by atoms with Crippen LogP contribution in [0.4, 0.5) is 0 Å². The fourth-order valence-electron chi connectivity index (χ4n) is 3.03. The molecule has 0 radical (unpaired) electrons. The highest BCUT2D eigenvalue weighted by molar-refractivity contribution is 7.89. The fourth-order valence-corrected chi connectivity index (χ4v) is 3.54. The highest BCUT2D eigenvalue weighted by Gasteiger charge is 2.23. The Labute approximate surface area is 185 Å². The molecule has 1 aromatic heterocycles. The number of carbonyl (C=O) groups is 2. The topological polar surface area (TPSA) is 146 Å². The summed E-state index contributed by atoms with van der Waals surface area (Å²) < 4.78 is 28.9. The number of esters is 1. The summed E-state index contributed by atoms with van der Waals surface area (Å²) in [6.07, 6.45) is 2.02. The molecule has 0 saturated carbocycles. The van der Waals surface area contributed by atoms with Crippen molar-refractivity contribution in [3.63, 3.8) is 0 Å². The van der Waals surface area contributed by atoms with E-state index in [0.717, 1.165) is 5.56 Å². The van der Waals surface area contributed by atoms with Crippen molar-refractivity contribution >= 4 is 21.9 Å². The summed E-state index contributed by atoms with van der Waals surface area (Å²) in [4.78, 5) is 24.2. The van der Waals surface area contributed by atoms with Crippen LogP contribution in [0.15, 0.2) is 65.7 Å². The predicted octanol–water partition coefficient (Wildman–Crippen LogP) is 1.06. The molecule has 32 heavy (non-hydrogen) atoms. The largest absolute Gasteiger partial charge is 0.469 e. The quantitative estimate of drug-likeness (QED) is 0.457. The zero-order valence-electron chi connectivity index (χ0n) is 17.3. The van der Waals surface area contributed by atoms with Crippen LogP contribution < -0.4 is 10.5 Å². The summed E-state index contributed by atoms with van der Waals surface area (Å²) in [5.74, 6) is -0.741. The van der Waals surface area contributed by atoms with Gasteiger partial charge in [0.15, 0.2) is 0 Å². The summed E-state index contributed by atoms with van der Waals surface area (Å²) >= 11 is 0. The lowest BCUT2D eigenvalue weighted by molar-refractivity contribution is -0.140. The molecule has 10 nitrogen and oxygen atoms in total. The normalized spacial score (nSPS) is 12.2. The number of nitrogens with one attached hydrogen (secondary N) is 1. The standard InChI is InChI=1S/C21H23N5O5S/c1-31-20(27)11-12-23-21(28)19(13-15-5-3-2-4-6-15)26-14-18(24-25-26)16-7-9-17(10-8-16)32(22,29)30/h2-10,14,19H,11-13H2,1H3,(H,23,28)(H2,22,29,30)/t19-/m0/s1. The number of aromatic nitrogens is 3. The molecule has 2 aromatic carbocycles. The third kappa shape index (κ3) is 5.99. The van der Waals surface area contributed by atoms with Gasteiger partial charge in [0.1, 0.15) is 11.7 Å². The number of ether oxygens (including phenoxy) is 1. The number of hydrogen-bond acceptors (Lipinski definition) is 7. The molecule has 0 spiro atoms. The van der Waals surface area contributed by atoms with Gasteiger partial charge in [0.05, 0.1) is 24.6 Å². The molecule has 0 fully saturated rings. The zero-order valence-corrected chi connectivity index (χ0v) is 18.2. The third-order valence-corrected chi connectivity index (χ3v) is 5.67. The maximum absolute atomic E-state index is 12.9. The summed E-state index contributed by atoms with van der Waals surface area (Å²) in [5.41, 5.74) is 2.01. The number of primary sulfonamides is 1. The minimum Gasteiger partial charge on any atom is -0.469 e. The molecule has 1 atom stereocenters. The van der Waals surface area contributed by atoms with E-state index in [2.05, 4.69) is 20.4 Å². The van der Waals surface area contributed by atoms with Crippen LogP contribution in [0.25, 0.3) is 11.3 Å². The number of nitrogens with zero attached hydrogens (tertiary/aromatic N) is 3. The van der Waals surface area contributed by atoms with Crippen LogP contribution in [-0.4, -0.2) is 48.9 Å². The van der Waals surface area contributed by atoms with Gasteiger partial charge in [-0.05, 0) is 17.7 Å². The van der Waals surface area contributed by atoms with E-state index >= 15 is 0 Å². The number of hydrogen-bond donors (Lipinski definition) is 2. The second-order valence-electron chi connectivity index (χ2n) is 6.98. The van der Waals surface area contributed by atoms with Crippen LogP contribution in [0.1, 0.15) is 18.0 Å². The van der Waals surface area contributed by atoms with Gasteiger partial charge in [-0.3, -0.25) is 9.59 Å². The average Bonchev–Trinajstić information content (AvgIpc) is 3.27. The lowest BCUT2D eigenvalue weighted by Gasteiger charge is -2.17. The van der Waals surface area contributed by atoms with E-state index in [4.69, 9.17) is 5.14 Å². The molecule has 0 aliphatic carbocycles. The molecule has 168 valence electrons. The van der Waals surface area contributed by atoms with Crippen molar-refractivity contribution in [3.8, 4) is 11.3 Å². The Hall–Kier alpha value is -3.57. The smallest absolute Gasteiger partial charge is 0.307 e. The summed E-state index contributed by atoms with van der Waals surface area (Å²) in [7, 11) is -2.51. The second kappa shape index (κ2) is 10.2. The molecule has 3 rings (SSSR count). The molecule has 0 saturated heterocycles. The number of rotatable bonds is 9. The Kier molecular flexibility index (Phi) is 7.33. The molecular formula is C21H23N5O5S. The van der Waals surface area contributed by atoms with Gasteiger partial charge in [0.25, 0.3) is 0 Å². The van der Waals surface area contributed by atoms with Gasteiger partial charge in [0, 0.05) is 18.5 Å². The van der Waals surface area contributed by atoms with Crippen molar-refractivity contribution in [1.82, 2.24) is 20.3 Å². The summed E-state index contributed by atoms with van der Waals surface area (Å²) in [6.45, 7) is 0.132. The maximum atomic E-state index is 12.9. The maximum Gasteiger partial charge on any atom is 0.307 e. The Morgan fingerprint density at radius 2 is 1.81 bits per heavy atom. The van der Waals surface area contributed by atoms with Gasteiger partial charge < -0.3 is 10.1 Å². The van der Waals surface area contributed by atoms with Crippen molar-refractivity contribution in [3.05, 3.63) is 66.4 Å². The van der Waals surface area contributed by atoms with Crippen LogP contribution in [0, 0.1) is 0 Å². The van der Waals surface area contributed by atoms with Crippen LogP contribution >= 0.6 is 0 Å². The van der Waals surface area contributed by atoms with Gasteiger partial charge in [-0.2, -0.15) is 0 Å². The molecule has 0 aliphatic rings. The van der Waals surface area contributed by atoms with E-state index in [1.54, 1.807) is 18.3 Å². The highest BCUT2D eigenvalue weighted by Crippen LogP contribution is 2.21. The van der Waals surface area contributed by atoms with E-state index in [0.29, 0.717) is 17.7 Å². The van der Waals surface area contributed by atoms with E-state index in [1.165, 1.54) is 23.9 Å². The van der Waals surface area contributed by atoms with Crippen molar-refractivity contribution in [1.29, 1.82) is 0 Å². The molecule has 3 aromatic rings. The Balaban J connectivity index is 1.82. The van der Waals surface area contributed by atoms with Gasteiger partial charge in [-0.1, -0.05) is 47.7 Å². The third-order valence-electron chi connectivity index (χ3n) is 4.74. The number of sulfonamides is 1. The number of carbonyl (C=O) groups excluding carboxylic acids is 2. The van der Waals surface area contributed by atoms with Crippen molar-refractivity contribution in [2.24, 2.45) is 5.14 Å². The van der Waals surface area contributed by atoms with E-state index in [1.807, 2.05) is 30.3 Å². The monoisotopic (exact) mass is 457 g/mol. The minimum atomic E-state index is -3.80. The number of benzene rings is 2. The average molecular weight is 458 g/mol. The highest BCUT2D eigenvalue weighted by atomic mass is 32.2. The Morgan fingerprint density at radius 1 is 1.12 bits per heavy atom. The molecular weight excluding hydrogens is 434 g/mol. The number of methoxy groups -OCH3 is 1. The first kappa shape index (κ1) is 23.1. The van der Waals surface area contributed by atoms with E-state index in [9.17, 15) is 18.0 Å². The summed E-state index contributed by atoms with van der Waals surface area (Å²) in [5, 5.41) is 16.1. The first-order chi connectivity index (χ1) is 15.3. The van der Waals surface area contributed by atoms with Crippen LogP contribution in [0.5, 0.6) is 0 Å². The second-order valence-corrected chi connectivity index (χ2v) is 8.54. The predicted molar refractivity (Wildman–Crippen MR) is 116 cm³/mol. The van der Waals surface area contributed by atoms with Crippen molar-refractivity contribution < 1.29 is 22.7 Å². The van der Waals surface area contributed by atoms with Crippen molar-refractivity contribution in [2.75, 3.05) is 13.7 Å². The van der Waals surface area contributed by atoms with Gasteiger partial charge in [0.2, 0.25) is 15.9 Å². The Bertz CT molecular complexity index is 1180. The van der Waals surface area contributed by atoms with Gasteiger partial charge >= 0.3 is 5.97 Å². The van der Waals surface area contributed by atoms with E-state index in [-0.39, 0.29) is 23.8 Å². The Morgan fingerprint density at radius 3 is 2.44 bits per heavy atom. The lowest BCUT2D eigenvalue weighted by Crippen LogP contribution is -2.35. The molecule has 1 heterocycles. The van der Waals surface area contributed by atoms with E-state index < -0.39 is 22.0 Å². The van der Waals surface area contributed by atoms with Crippen molar-refractivity contribution in [2.45, 2.75) is 23.8 Å². The first-order valence-corrected chi connectivity index (χ1v) is 11.3. The van der Waals surface area contributed by atoms with Crippen LogP contribution in [-0.2, 0) is 30.8 Å². The molecule has 1 amide bonds. The van der Waals surface area contributed by atoms with Gasteiger partial charge in [-0.25, -0.2) is 18.2 Å². The van der Waals surface area contributed by atoms with Crippen LogP contribution in [0.3, 0.4) is 0 Å². The fraction of sp³-hybridized carbons (Fsp3) is 0.238. The van der Waals surface area contributed by atoms with Gasteiger partial charge in [-0.15, -0.1) is 5.10 Å². The zero-order chi connectivity index (χ0) is 23.1. The lowest BCUT2D eigenvalue weighted by atomic mass is 10.1. The van der Waals surface area contributed by atoms with Crippen LogP contribution in [0.2, 0.25) is 0 Å². The molecule has 3 N–H and O–H groups in total. The minimum absolute atomic E-state index is 0.0134. The number of amides is 1. The summed E-state index contributed by atoms with van der Waals surface area (Å²) in [6, 6.07) is 14.6. The first-order valence-electron chi connectivity index (χ1n) is 9.71.